The van der Waals surface area contributed by atoms with Gasteiger partial charge in [0.25, 0.3) is 0 Å². The van der Waals surface area contributed by atoms with Crippen LogP contribution in [0.5, 0.6) is 5.75 Å². The van der Waals surface area contributed by atoms with Crippen molar-refractivity contribution in [3.63, 3.8) is 0 Å². The van der Waals surface area contributed by atoms with Crippen LogP contribution in [0, 0.1) is 6.92 Å². The molecule has 0 N–H and O–H groups in total. The summed E-state index contributed by atoms with van der Waals surface area (Å²) in [5.41, 5.74) is 3.21. The Labute approximate surface area is 169 Å². The molecule has 1 aromatic heterocycles. The maximum atomic E-state index is 12.7. The number of thiazole rings is 1. The second kappa shape index (κ2) is 8.19. The van der Waals surface area contributed by atoms with Gasteiger partial charge in [-0.2, -0.15) is 0 Å². The number of aryl methyl sites for hydroxylation is 1. The normalized spacial score (nSPS) is 14.5. The topological polar surface area (TPSA) is 45.7 Å². The van der Waals surface area contributed by atoms with Gasteiger partial charge in [-0.25, -0.2) is 4.98 Å². The summed E-state index contributed by atoms with van der Waals surface area (Å²) < 4.78 is 6.84. The lowest BCUT2D eigenvalue weighted by Crippen LogP contribution is -2.49. The Hall–Kier alpha value is -2.60. The highest BCUT2D eigenvalue weighted by atomic mass is 32.1. The van der Waals surface area contributed by atoms with Crippen LogP contribution in [0.1, 0.15) is 18.1 Å². The van der Waals surface area contributed by atoms with Crippen molar-refractivity contribution in [2.24, 2.45) is 0 Å². The maximum Gasteiger partial charge on any atom is 0.227 e. The molecule has 0 saturated carbocycles. The van der Waals surface area contributed by atoms with Gasteiger partial charge in [0.2, 0.25) is 5.91 Å². The number of amides is 1. The number of hydrogen-bond acceptors (Lipinski definition) is 5. The molecule has 0 aliphatic carbocycles. The lowest BCUT2D eigenvalue weighted by atomic mass is 10.1. The zero-order valence-corrected chi connectivity index (χ0v) is 17.2. The summed E-state index contributed by atoms with van der Waals surface area (Å²) in [4.78, 5) is 21.7. The van der Waals surface area contributed by atoms with Gasteiger partial charge in [0.1, 0.15) is 11.3 Å². The Balaban J connectivity index is 1.40. The van der Waals surface area contributed by atoms with Gasteiger partial charge in [-0.3, -0.25) is 4.79 Å². The highest BCUT2D eigenvalue weighted by Crippen LogP contribution is 2.34. The molecule has 1 amide bonds. The number of para-hydroxylation sites is 1. The summed E-state index contributed by atoms with van der Waals surface area (Å²) >= 11 is 1.69. The van der Waals surface area contributed by atoms with Crippen LogP contribution < -0.4 is 9.64 Å². The molecule has 1 aliphatic rings. The minimum Gasteiger partial charge on any atom is -0.492 e. The van der Waals surface area contributed by atoms with Crippen molar-refractivity contribution in [2.75, 3.05) is 37.7 Å². The second-order valence-electron chi connectivity index (χ2n) is 7.07. The minimum absolute atomic E-state index is 0.202. The fraction of sp³-hybridized carbons (Fsp3) is 0.364. The van der Waals surface area contributed by atoms with E-state index in [0.29, 0.717) is 13.0 Å². The average Bonchev–Trinajstić information content (AvgIpc) is 3.14. The number of hydrogen-bond donors (Lipinski definition) is 0. The molecular weight excluding hydrogens is 370 g/mol. The van der Waals surface area contributed by atoms with Gasteiger partial charge in [0.15, 0.2) is 5.13 Å². The van der Waals surface area contributed by atoms with Gasteiger partial charge in [-0.1, -0.05) is 47.2 Å². The van der Waals surface area contributed by atoms with E-state index >= 15 is 0 Å². The minimum atomic E-state index is 0.202. The van der Waals surface area contributed by atoms with Gasteiger partial charge in [0, 0.05) is 26.2 Å². The average molecular weight is 396 g/mol. The first kappa shape index (κ1) is 18.7. The molecule has 0 atom stereocenters. The third kappa shape index (κ3) is 3.97. The first-order valence-corrected chi connectivity index (χ1v) is 10.6. The number of fused-ring (bicyclic) bond motifs is 1. The van der Waals surface area contributed by atoms with Crippen molar-refractivity contribution in [1.29, 1.82) is 0 Å². The van der Waals surface area contributed by atoms with E-state index in [9.17, 15) is 4.79 Å². The number of carbonyl (C=O) groups excluding carboxylic acids is 1. The van der Waals surface area contributed by atoms with Gasteiger partial charge in [0.05, 0.1) is 17.7 Å². The molecule has 1 fully saturated rings. The smallest absolute Gasteiger partial charge is 0.227 e. The van der Waals surface area contributed by atoms with Crippen LogP contribution in [0.4, 0.5) is 5.13 Å². The van der Waals surface area contributed by atoms with Crippen LogP contribution in [0.15, 0.2) is 42.5 Å². The summed E-state index contributed by atoms with van der Waals surface area (Å²) in [6.07, 6.45) is 0.473. The van der Waals surface area contributed by atoms with Crippen molar-refractivity contribution in [3.05, 3.63) is 53.6 Å². The molecule has 0 spiro atoms. The molecule has 2 heterocycles. The molecule has 0 unspecified atom stereocenters. The molecule has 1 saturated heterocycles. The quantitative estimate of drug-likeness (QED) is 0.657. The highest BCUT2D eigenvalue weighted by molar-refractivity contribution is 7.22. The lowest BCUT2D eigenvalue weighted by Gasteiger charge is -2.34. The first-order valence-electron chi connectivity index (χ1n) is 9.74. The molecule has 2 aromatic carbocycles. The van der Waals surface area contributed by atoms with Crippen molar-refractivity contribution < 1.29 is 9.53 Å². The lowest BCUT2D eigenvalue weighted by molar-refractivity contribution is -0.130. The summed E-state index contributed by atoms with van der Waals surface area (Å²) in [6.45, 7) is 7.76. The third-order valence-electron chi connectivity index (χ3n) is 5.01. The molecule has 28 heavy (non-hydrogen) atoms. The van der Waals surface area contributed by atoms with Gasteiger partial charge in [-0.05, 0) is 31.5 Å². The fourth-order valence-electron chi connectivity index (χ4n) is 3.57. The zero-order chi connectivity index (χ0) is 19.5. The second-order valence-corrected chi connectivity index (χ2v) is 8.08. The molecule has 0 bridgehead atoms. The van der Waals surface area contributed by atoms with Gasteiger partial charge < -0.3 is 14.5 Å². The van der Waals surface area contributed by atoms with E-state index in [4.69, 9.17) is 9.72 Å². The number of piperazine rings is 1. The molecule has 4 rings (SSSR count). The molecule has 3 aromatic rings. The number of ether oxygens (including phenoxy) is 1. The van der Waals surface area contributed by atoms with Crippen LogP contribution >= 0.6 is 11.3 Å². The predicted molar refractivity (Wildman–Crippen MR) is 114 cm³/mol. The Morgan fingerprint density at radius 1 is 1.14 bits per heavy atom. The van der Waals surface area contributed by atoms with Crippen LogP contribution in [0.2, 0.25) is 0 Å². The van der Waals surface area contributed by atoms with E-state index in [2.05, 4.69) is 30.0 Å². The Morgan fingerprint density at radius 3 is 2.68 bits per heavy atom. The van der Waals surface area contributed by atoms with Crippen LogP contribution in [-0.2, 0) is 11.2 Å². The monoisotopic (exact) mass is 395 g/mol. The number of rotatable bonds is 5. The van der Waals surface area contributed by atoms with Crippen LogP contribution in [0.25, 0.3) is 10.2 Å². The molecule has 146 valence electrons. The molecule has 1 aliphatic heterocycles. The van der Waals surface area contributed by atoms with Gasteiger partial charge >= 0.3 is 0 Å². The fourth-order valence-corrected chi connectivity index (χ4v) is 4.61. The third-order valence-corrected chi connectivity index (χ3v) is 6.09. The van der Waals surface area contributed by atoms with E-state index in [1.807, 2.05) is 36.1 Å². The Bertz CT molecular complexity index is 977. The first-order chi connectivity index (χ1) is 13.6. The predicted octanol–water partition coefficient (Wildman–Crippen LogP) is 3.89. The van der Waals surface area contributed by atoms with Crippen molar-refractivity contribution in [2.45, 2.75) is 20.3 Å². The standard InChI is InChI=1S/C22H25N3O2S/c1-3-27-18-8-5-9-19-21(18)23-22(28-19)25-12-10-24(11-13-25)20(26)15-17-7-4-6-16(2)14-17/h4-9,14H,3,10-13,15H2,1-2H3. The summed E-state index contributed by atoms with van der Waals surface area (Å²) in [5.74, 6) is 1.04. The number of aromatic nitrogens is 1. The Morgan fingerprint density at radius 2 is 1.93 bits per heavy atom. The van der Waals surface area contributed by atoms with Gasteiger partial charge in [-0.15, -0.1) is 0 Å². The zero-order valence-electron chi connectivity index (χ0n) is 16.4. The summed E-state index contributed by atoms with van der Waals surface area (Å²) in [7, 11) is 0. The summed E-state index contributed by atoms with van der Waals surface area (Å²) in [6, 6.07) is 14.2. The number of anilines is 1. The number of nitrogens with zero attached hydrogens (tertiary/aromatic N) is 3. The van der Waals surface area contributed by atoms with E-state index < -0.39 is 0 Å². The van der Waals surface area contributed by atoms with Crippen LogP contribution in [0.3, 0.4) is 0 Å². The number of carbonyl (C=O) groups is 1. The molecule has 6 heteroatoms. The molecule has 0 radical (unpaired) electrons. The van der Waals surface area contributed by atoms with E-state index in [1.54, 1.807) is 11.3 Å². The van der Waals surface area contributed by atoms with Crippen molar-refractivity contribution >= 4 is 32.6 Å². The van der Waals surface area contributed by atoms with Crippen molar-refractivity contribution in [1.82, 2.24) is 9.88 Å². The number of benzene rings is 2. The largest absolute Gasteiger partial charge is 0.492 e. The highest BCUT2D eigenvalue weighted by Gasteiger charge is 2.23. The Kier molecular flexibility index (Phi) is 5.48. The van der Waals surface area contributed by atoms with E-state index in [0.717, 1.165) is 52.8 Å². The maximum absolute atomic E-state index is 12.7. The summed E-state index contributed by atoms with van der Waals surface area (Å²) in [5, 5.41) is 1.01. The van der Waals surface area contributed by atoms with E-state index in [1.165, 1.54) is 5.56 Å². The molecular formula is C22H25N3O2S. The van der Waals surface area contributed by atoms with Crippen molar-refractivity contribution in [3.8, 4) is 5.75 Å². The van der Waals surface area contributed by atoms with E-state index in [-0.39, 0.29) is 5.91 Å². The SMILES string of the molecule is CCOc1cccc2sc(N3CCN(C(=O)Cc4cccc(C)c4)CC3)nc12. The molecule has 5 nitrogen and oxygen atoms in total. The van der Waals surface area contributed by atoms with Crippen LogP contribution in [-0.4, -0.2) is 48.6 Å².